The summed E-state index contributed by atoms with van der Waals surface area (Å²) in [6.45, 7) is 2.09. The number of amides is 1. The lowest BCUT2D eigenvalue weighted by atomic mass is 9.95. The van der Waals surface area contributed by atoms with Crippen LogP contribution in [-0.4, -0.2) is 5.91 Å². The van der Waals surface area contributed by atoms with E-state index in [0.717, 1.165) is 6.42 Å². The van der Waals surface area contributed by atoms with Crippen LogP contribution >= 0.6 is 0 Å². The van der Waals surface area contributed by atoms with E-state index >= 15 is 0 Å². The van der Waals surface area contributed by atoms with E-state index in [-0.39, 0.29) is 11.8 Å². The van der Waals surface area contributed by atoms with Gasteiger partial charge in [-0.1, -0.05) is 18.6 Å². The Bertz CT molecular complexity index is 219. The van der Waals surface area contributed by atoms with Gasteiger partial charge >= 0.3 is 0 Å². The zero-order valence-electron chi connectivity index (χ0n) is 6.00. The molecule has 1 saturated carbocycles. The predicted octanol–water partition coefficient (Wildman–Crippen LogP) is 0.684. The van der Waals surface area contributed by atoms with Crippen molar-refractivity contribution in [3.05, 3.63) is 11.6 Å². The van der Waals surface area contributed by atoms with Crippen LogP contribution in [0.5, 0.6) is 0 Å². The molecule has 10 heavy (non-hydrogen) atoms. The number of nitrogens with two attached hydrogens (primary N) is 1. The fraction of sp³-hybridized carbons (Fsp3) is 0.625. The van der Waals surface area contributed by atoms with Crippen LogP contribution in [0.3, 0.4) is 0 Å². The molecule has 0 saturated heterocycles. The van der Waals surface area contributed by atoms with E-state index in [1.54, 1.807) is 0 Å². The fourth-order valence-electron chi connectivity index (χ4n) is 1.95. The van der Waals surface area contributed by atoms with Crippen LogP contribution in [0.15, 0.2) is 11.6 Å². The van der Waals surface area contributed by atoms with Crippen LogP contribution in [0.2, 0.25) is 0 Å². The second-order valence-corrected chi connectivity index (χ2v) is 3.31. The summed E-state index contributed by atoms with van der Waals surface area (Å²) in [6, 6.07) is 0. The van der Waals surface area contributed by atoms with Gasteiger partial charge in [-0.25, -0.2) is 0 Å². The van der Waals surface area contributed by atoms with Gasteiger partial charge in [-0.3, -0.25) is 4.79 Å². The molecular weight excluding hydrogens is 126 g/mol. The minimum atomic E-state index is -0.124. The highest BCUT2D eigenvalue weighted by Crippen LogP contribution is 2.51. The molecule has 0 radical (unpaired) electrons. The quantitative estimate of drug-likeness (QED) is 0.531. The van der Waals surface area contributed by atoms with E-state index in [2.05, 4.69) is 13.0 Å². The zero-order valence-corrected chi connectivity index (χ0v) is 6.00. The second-order valence-electron chi connectivity index (χ2n) is 3.31. The van der Waals surface area contributed by atoms with Crippen molar-refractivity contribution in [2.75, 3.05) is 0 Å². The Labute approximate surface area is 60.1 Å². The molecule has 3 atom stereocenters. The first-order chi connectivity index (χ1) is 4.70. The van der Waals surface area contributed by atoms with E-state index in [1.165, 1.54) is 5.57 Å². The molecule has 2 heteroatoms. The summed E-state index contributed by atoms with van der Waals surface area (Å²) in [7, 11) is 0. The molecule has 0 heterocycles. The van der Waals surface area contributed by atoms with Crippen molar-refractivity contribution in [2.45, 2.75) is 13.3 Å². The molecule has 2 aliphatic carbocycles. The summed E-state index contributed by atoms with van der Waals surface area (Å²) in [4.78, 5) is 10.8. The smallest absolute Gasteiger partial charge is 0.221 e. The first-order valence-corrected chi connectivity index (χ1v) is 3.71. The topological polar surface area (TPSA) is 43.1 Å². The summed E-state index contributed by atoms with van der Waals surface area (Å²) < 4.78 is 0. The van der Waals surface area contributed by atoms with Crippen LogP contribution in [-0.2, 0) is 4.79 Å². The number of carbonyl (C=O) groups is 1. The standard InChI is InChI=1S/C8H11NO/c1-4-6-2-5(6)3-7(4)8(9)10/h2,4-5,7H,3H2,1H3,(H2,9,10)/t4-,5+,7+/m0/s1. The van der Waals surface area contributed by atoms with Crippen molar-refractivity contribution in [3.63, 3.8) is 0 Å². The van der Waals surface area contributed by atoms with Crippen molar-refractivity contribution in [1.29, 1.82) is 0 Å². The monoisotopic (exact) mass is 137 g/mol. The van der Waals surface area contributed by atoms with Crippen LogP contribution < -0.4 is 5.73 Å². The van der Waals surface area contributed by atoms with E-state index < -0.39 is 0 Å². The molecule has 0 spiro atoms. The molecule has 0 aliphatic heterocycles. The zero-order chi connectivity index (χ0) is 7.30. The Morgan fingerprint density at radius 3 is 2.80 bits per heavy atom. The largest absolute Gasteiger partial charge is 0.369 e. The van der Waals surface area contributed by atoms with E-state index in [9.17, 15) is 4.79 Å². The number of rotatable bonds is 1. The van der Waals surface area contributed by atoms with Crippen LogP contribution in [0, 0.1) is 17.8 Å². The molecule has 2 N–H and O–H groups in total. The average Bonchev–Trinajstić information content (AvgIpc) is 2.54. The first-order valence-electron chi connectivity index (χ1n) is 3.71. The second kappa shape index (κ2) is 1.62. The number of hydrogen-bond donors (Lipinski definition) is 1. The predicted molar refractivity (Wildman–Crippen MR) is 38.0 cm³/mol. The minimum Gasteiger partial charge on any atom is -0.369 e. The van der Waals surface area contributed by atoms with Crippen molar-refractivity contribution in [1.82, 2.24) is 0 Å². The molecule has 1 amide bonds. The van der Waals surface area contributed by atoms with Gasteiger partial charge in [-0.2, -0.15) is 0 Å². The molecule has 0 bridgehead atoms. The van der Waals surface area contributed by atoms with E-state index in [0.29, 0.717) is 11.8 Å². The van der Waals surface area contributed by atoms with Gasteiger partial charge in [-0.05, 0) is 18.3 Å². The Kier molecular flexibility index (Phi) is 0.967. The molecule has 2 rings (SSSR count). The maximum Gasteiger partial charge on any atom is 0.221 e. The van der Waals surface area contributed by atoms with E-state index in [1.807, 2.05) is 0 Å². The van der Waals surface area contributed by atoms with Crippen molar-refractivity contribution >= 4 is 5.91 Å². The Morgan fingerprint density at radius 1 is 1.80 bits per heavy atom. The third kappa shape index (κ3) is 0.618. The van der Waals surface area contributed by atoms with Gasteiger partial charge in [0.05, 0.1) is 0 Å². The van der Waals surface area contributed by atoms with Crippen molar-refractivity contribution < 1.29 is 4.79 Å². The van der Waals surface area contributed by atoms with Crippen LogP contribution in [0.25, 0.3) is 0 Å². The highest BCUT2D eigenvalue weighted by Gasteiger charge is 2.44. The van der Waals surface area contributed by atoms with Crippen molar-refractivity contribution in [3.8, 4) is 0 Å². The molecule has 0 aromatic carbocycles. The number of primary amides is 1. The van der Waals surface area contributed by atoms with Crippen molar-refractivity contribution in [2.24, 2.45) is 23.5 Å². The fourth-order valence-corrected chi connectivity index (χ4v) is 1.95. The first kappa shape index (κ1) is 5.96. The SMILES string of the molecule is C[C@H]1C2=C[C@@H]2C[C@H]1C(N)=O. The number of allylic oxidation sites excluding steroid dienone is 2. The van der Waals surface area contributed by atoms with Gasteiger partial charge in [0.15, 0.2) is 0 Å². The summed E-state index contributed by atoms with van der Waals surface area (Å²) >= 11 is 0. The highest BCUT2D eigenvalue weighted by atomic mass is 16.1. The minimum absolute atomic E-state index is 0.124. The van der Waals surface area contributed by atoms with Gasteiger partial charge in [0.1, 0.15) is 0 Å². The number of carbonyl (C=O) groups excluding carboxylic acids is 1. The lowest BCUT2D eigenvalue weighted by Crippen LogP contribution is -2.25. The molecule has 0 aromatic heterocycles. The van der Waals surface area contributed by atoms with Gasteiger partial charge in [-0.15, -0.1) is 0 Å². The molecule has 2 nitrogen and oxygen atoms in total. The van der Waals surface area contributed by atoms with Crippen LogP contribution in [0.4, 0.5) is 0 Å². The molecule has 0 aromatic rings. The third-order valence-corrected chi connectivity index (χ3v) is 2.72. The molecular formula is C8H11NO. The summed E-state index contributed by atoms with van der Waals surface area (Å²) in [5, 5.41) is 0. The Hall–Kier alpha value is -0.790. The van der Waals surface area contributed by atoms with Gasteiger partial charge < -0.3 is 5.73 Å². The summed E-state index contributed by atoms with van der Waals surface area (Å²) in [5.74, 6) is 1.08. The molecule has 54 valence electrons. The summed E-state index contributed by atoms with van der Waals surface area (Å²) in [5.41, 5.74) is 6.67. The Morgan fingerprint density at radius 2 is 2.50 bits per heavy atom. The van der Waals surface area contributed by atoms with E-state index in [4.69, 9.17) is 5.73 Å². The van der Waals surface area contributed by atoms with Gasteiger partial charge in [0.2, 0.25) is 5.91 Å². The van der Waals surface area contributed by atoms with Gasteiger partial charge in [0.25, 0.3) is 0 Å². The highest BCUT2D eigenvalue weighted by molar-refractivity contribution is 5.79. The number of hydrogen-bond acceptors (Lipinski definition) is 1. The molecule has 0 unspecified atom stereocenters. The normalized spacial score (nSPS) is 42.5. The Balaban J connectivity index is 2.13. The summed E-state index contributed by atoms with van der Waals surface area (Å²) in [6.07, 6.45) is 3.22. The maximum absolute atomic E-state index is 10.8. The lowest BCUT2D eigenvalue weighted by Gasteiger charge is -2.10. The average molecular weight is 137 g/mol. The number of fused-ring (bicyclic) bond motifs is 1. The van der Waals surface area contributed by atoms with Crippen LogP contribution in [0.1, 0.15) is 13.3 Å². The molecule has 1 fully saturated rings. The lowest BCUT2D eigenvalue weighted by molar-refractivity contribution is -0.122. The maximum atomic E-state index is 10.8. The molecule has 2 aliphatic rings. The third-order valence-electron chi connectivity index (χ3n) is 2.72. The van der Waals surface area contributed by atoms with Gasteiger partial charge in [0, 0.05) is 5.92 Å².